The van der Waals surface area contributed by atoms with Crippen molar-refractivity contribution < 1.29 is 24.2 Å². The zero-order valence-electron chi connectivity index (χ0n) is 17.8. The molecule has 0 bridgehead atoms. The summed E-state index contributed by atoms with van der Waals surface area (Å²) in [6.07, 6.45) is 0.923. The number of esters is 1. The number of Topliss-reactive ketones (excluding diaryl/α,β-unsaturated/α-hetero) is 1. The lowest BCUT2D eigenvalue weighted by molar-refractivity contribution is -0.136. The highest BCUT2D eigenvalue weighted by atomic mass is 16.5. The topological polar surface area (TPSA) is 84.9 Å². The van der Waals surface area contributed by atoms with Crippen LogP contribution in [0.2, 0.25) is 0 Å². The van der Waals surface area contributed by atoms with E-state index in [4.69, 9.17) is 9.47 Å². The van der Waals surface area contributed by atoms with Crippen molar-refractivity contribution in [2.24, 2.45) is 0 Å². The van der Waals surface area contributed by atoms with Crippen molar-refractivity contribution >= 4 is 11.8 Å². The minimum Gasteiger partial charge on any atom is -0.508 e. The van der Waals surface area contributed by atoms with Crippen molar-refractivity contribution in [3.05, 3.63) is 82.2 Å². The first-order valence-electron chi connectivity index (χ1n) is 10.2. The summed E-state index contributed by atoms with van der Waals surface area (Å²) in [5.41, 5.74) is 4.05. The summed E-state index contributed by atoms with van der Waals surface area (Å²) in [6.45, 7) is 1.81. The van der Waals surface area contributed by atoms with E-state index in [2.05, 4.69) is 5.32 Å². The predicted octanol–water partition coefficient (Wildman–Crippen LogP) is 3.94. The highest BCUT2D eigenvalue weighted by Gasteiger charge is 2.41. The Bertz CT molecular complexity index is 1110. The summed E-state index contributed by atoms with van der Waals surface area (Å²) < 4.78 is 10.5. The van der Waals surface area contributed by atoms with E-state index in [1.807, 2.05) is 37.3 Å². The van der Waals surface area contributed by atoms with Gasteiger partial charge in [-0.05, 0) is 42.7 Å². The van der Waals surface area contributed by atoms with Gasteiger partial charge in [0.25, 0.3) is 0 Å². The number of para-hydroxylation sites is 1. The normalized spacial score (nSPS) is 20.8. The van der Waals surface area contributed by atoms with Gasteiger partial charge >= 0.3 is 5.97 Å². The molecule has 6 nitrogen and oxygen atoms in total. The summed E-state index contributed by atoms with van der Waals surface area (Å²) in [5, 5.41) is 13.3. The van der Waals surface area contributed by atoms with Crippen LogP contribution in [0.15, 0.2) is 71.1 Å². The van der Waals surface area contributed by atoms with E-state index in [1.54, 1.807) is 25.3 Å². The maximum absolute atomic E-state index is 13.5. The number of carbonyl (C=O) groups is 2. The Kier molecular flexibility index (Phi) is 5.55. The summed E-state index contributed by atoms with van der Waals surface area (Å²) in [6, 6.07) is 14.4. The quantitative estimate of drug-likeness (QED) is 0.731. The van der Waals surface area contributed by atoms with Gasteiger partial charge in [0.15, 0.2) is 5.78 Å². The van der Waals surface area contributed by atoms with Crippen LogP contribution in [0.25, 0.3) is 0 Å². The number of carbonyl (C=O) groups excluding carboxylic acids is 2. The Hall–Kier alpha value is -3.54. The fraction of sp³-hybridized carbons (Fsp3) is 0.280. The Balaban J connectivity index is 1.82. The van der Waals surface area contributed by atoms with Gasteiger partial charge in [0.2, 0.25) is 0 Å². The van der Waals surface area contributed by atoms with Crippen LogP contribution in [0.5, 0.6) is 11.5 Å². The number of aromatic hydroxyl groups is 1. The molecule has 1 aliphatic carbocycles. The third-order valence-corrected chi connectivity index (χ3v) is 6.02. The number of dihydropyridines is 1. The molecule has 4 rings (SSSR count). The fourth-order valence-electron chi connectivity index (χ4n) is 4.68. The summed E-state index contributed by atoms with van der Waals surface area (Å²) in [5.74, 6) is -0.326. The fourth-order valence-corrected chi connectivity index (χ4v) is 4.68. The van der Waals surface area contributed by atoms with E-state index >= 15 is 0 Å². The third kappa shape index (κ3) is 3.69. The number of phenolic OH excluding ortho intramolecular Hbond substituents is 1. The lowest BCUT2D eigenvalue weighted by Crippen LogP contribution is -2.36. The lowest BCUT2D eigenvalue weighted by Gasteiger charge is -2.36. The van der Waals surface area contributed by atoms with Crippen LogP contribution in [0.4, 0.5) is 0 Å². The number of benzene rings is 2. The first-order valence-corrected chi connectivity index (χ1v) is 10.2. The first kappa shape index (κ1) is 20.7. The van der Waals surface area contributed by atoms with E-state index in [1.165, 1.54) is 7.11 Å². The monoisotopic (exact) mass is 419 g/mol. The first-order chi connectivity index (χ1) is 14.9. The molecule has 0 unspecified atom stereocenters. The molecule has 2 aromatic rings. The second-order valence-corrected chi connectivity index (χ2v) is 7.85. The van der Waals surface area contributed by atoms with Gasteiger partial charge in [-0.1, -0.05) is 30.3 Å². The van der Waals surface area contributed by atoms with Gasteiger partial charge in [0.05, 0.1) is 19.8 Å². The average molecular weight is 419 g/mol. The van der Waals surface area contributed by atoms with Crippen LogP contribution < -0.4 is 10.1 Å². The minimum atomic E-state index is -0.595. The molecule has 1 aliphatic heterocycles. The van der Waals surface area contributed by atoms with Gasteiger partial charge in [-0.25, -0.2) is 4.79 Å². The maximum Gasteiger partial charge on any atom is 0.336 e. The molecule has 0 amide bonds. The van der Waals surface area contributed by atoms with Crippen molar-refractivity contribution in [2.75, 3.05) is 14.2 Å². The number of phenols is 1. The Morgan fingerprint density at radius 1 is 1.10 bits per heavy atom. The summed E-state index contributed by atoms with van der Waals surface area (Å²) in [7, 11) is 2.95. The number of methoxy groups -OCH3 is 2. The molecule has 1 heterocycles. The van der Waals surface area contributed by atoms with Gasteiger partial charge in [-0.2, -0.15) is 0 Å². The third-order valence-electron chi connectivity index (χ3n) is 6.02. The van der Waals surface area contributed by atoms with Crippen LogP contribution in [0, 0.1) is 0 Å². The molecule has 31 heavy (non-hydrogen) atoms. The number of ether oxygens (including phenoxy) is 2. The molecule has 2 aliphatic rings. The standard InChI is InChI=1S/C25H25NO5/c1-14-22(25(29)31-3)23(15-7-6-8-17(27)11-15)24-19(26-14)12-16(13-20(24)28)18-9-4-5-10-21(18)30-2/h4-11,16,23,26-27H,12-13H2,1-3H3/t16-,23+/m0/s1. The zero-order chi connectivity index (χ0) is 22.1. The van der Waals surface area contributed by atoms with Crippen molar-refractivity contribution in [3.63, 3.8) is 0 Å². The predicted molar refractivity (Wildman–Crippen MR) is 116 cm³/mol. The number of allylic oxidation sites excluding steroid dienone is 3. The van der Waals surface area contributed by atoms with Gasteiger partial charge < -0.3 is 19.9 Å². The van der Waals surface area contributed by atoms with Gasteiger partial charge in [-0.15, -0.1) is 0 Å². The second-order valence-electron chi connectivity index (χ2n) is 7.85. The van der Waals surface area contributed by atoms with E-state index in [-0.39, 0.29) is 17.5 Å². The number of hydrogen-bond donors (Lipinski definition) is 2. The van der Waals surface area contributed by atoms with Gasteiger partial charge in [0.1, 0.15) is 11.5 Å². The zero-order valence-corrected chi connectivity index (χ0v) is 17.8. The van der Waals surface area contributed by atoms with Crippen LogP contribution in [0.3, 0.4) is 0 Å². The number of rotatable bonds is 4. The van der Waals surface area contributed by atoms with Crippen LogP contribution in [0.1, 0.15) is 42.7 Å². The Labute approximate surface area is 181 Å². The molecule has 0 saturated carbocycles. The molecule has 2 aromatic carbocycles. The van der Waals surface area contributed by atoms with E-state index in [9.17, 15) is 14.7 Å². The number of nitrogens with one attached hydrogen (secondary N) is 1. The van der Waals surface area contributed by atoms with Crippen LogP contribution in [-0.4, -0.2) is 31.1 Å². The van der Waals surface area contributed by atoms with E-state index in [0.29, 0.717) is 35.2 Å². The molecule has 0 saturated heterocycles. The summed E-state index contributed by atoms with van der Waals surface area (Å²) in [4.78, 5) is 26.1. The van der Waals surface area contributed by atoms with E-state index < -0.39 is 11.9 Å². The van der Waals surface area contributed by atoms with Crippen molar-refractivity contribution in [1.82, 2.24) is 5.32 Å². The van der Waals surface area contributed by atoms with Crippen molar-refractivity contribution in [1.29, 1.82) is 0 Å². The number of hydrogen-bond acceptors (Lipinski definition) is 6. The molecule has 0 fully saturated rings. The molecule has 2 atom stereocenters. The minimum absolute atomic E-state index is 0.0350. The SMILES string of the molecule is COC(=O)C1=C(C)NC2=C(C(=O)C[C@@H](c3ccccc3OC)C2)[C@@H]1c1cccc(O)c1. The molecule has 6 heteroatoms. The molecule has 0 radical (unpaired) electrons. The van der Waals surface area contributed by atoms with Crippen LogP contribution >= 0.6 is 0 Å². The highest BCUT2D eigenvalue weighted by Crippen LogP contribution is 2.47. The van der Waals surface area contributed by atoms with Gasteiger partial charge in [-0.3, -0.25) is 4.79 Å². The molecule has 0 aromatic heterocycles. The van der Waals surface area contributed by atoms with E-state index in [0.717, 1.165) is 17.0 Å². The van der Waals surface area contributed by atoms with Gasteiger partial charge in [0, 0.05) is 35.2 Å². The smallest absolute Gasteiger partial charge is 0.336 e. The van der Waals surface area contributed by atoms with Crippen molar-refractivity contribution in [2.45, 2.75) is 31.6 Å². The highest BCUT2D eigenvalue weighted by molar-refractivity contribution is 6.04. The largest absolute Gasteiger partial charge is 0.508 e. The summed E-state index contributed by atoms with van der Waals surface area (Å²) >= 11 is 0. The number of ketones is 1. The molecule has 160 valence electrons. The van der Waals surface area contributed by atoms with Crippen molar-refractivity contribution in [3.8, 4) is 11.5 Å². The average Bonchev–Trinajstić information content (AvgIpc) is 2.77. The second kappa shape index (κ2) is 8.30. The van der Waals surface area contributed by atoms with Crippen LogP contribution in [-0.2, 0) is 14.3 Å². The molecule has 0 spiro atoms. The Morgan fingerprint density at radius 3 is 2.58 bits per heavy atom. The molecular formula is C25H25NO5. The molecule has 2 N–H and O–H groups in total. The maximum atomic E-state index is 13.5. The Morgan fingerprint density at radius 2 is 1.87 bits per heavy atom. The lowest BCUT2D eigenvalue weighted by atomic mass is 9.71. The molecular weight excluding hydrogens is 394 g/mol.